The standard InChI is InChI=1S/C20H28N2O4/c1-2-21-9-3-5-16(21)13-22(20(23)18-6-4-10-24-18)12-15-7-8-17-19(11-15)26-14-25-17/h7-8,11,16,18H,2-6,9-10,12-14H2,1H3/t16-,18-/m0/s1. The summed E-state index contributed by atoms with van der Waals surface area (Å²) in [7, 11) is 0. The molecule has 0 bridgehead atoms. The monoisotopic (exact) mass is 360 g/mol. The van der Waals surface area contributed by atoms with Gasteiger partial charge < -0.3 is 19.1 Å². The van der Waals surface area contributed by atoms with Crippen LogP contribution in [-0.4, -0.2) is 60.9 Å². The van der Waals surface area contributed by atoms with Crippen molar-refractivity contribution in [2.24, 2.45) is 0 Å². The number of hydrogen-bond acceptors (Lipinski definition) is 5. The van der Waals surface area contributed by atoms with Crippen molar-refractivity contribution in [3.8, 4) is 11.5 Å². The second-order valence-electron chi connectivity index (χ2n) is 7.33. The lowest BCUT2D eigenvalue weighted by Crippen LogP contribution is -2.46. The van der Waals surface area contributed by atoms with Crippen LogP contribution in [0.25, 0.3) is 0 Å². The van der Waals surface area contributed by atoms with Gasteiger partial charge >= 0.3 is 0 Å². The number of likely N-dealkylation sites (N-methyl/N-ethyl adjacent to an activating group) is 1. The van der Waals surface area contributed by atoms with Gasteiger partial charge in [0.25, 0.3) is 5.91 Å². The number of nitrogens with zero attached hydrogens (tertiary/aromatic N) is 2. The number of carbonyl (C=O) groups is 1. The molecule has 1 aromatic rings. The molecule has 1 aromatic carbocycles. The van der Waals surface area contributed by atoms with Gasteiger partial charge in [0, 0.05) is 25.7 Å². The Hall–Kier alpha value is -1.79. The van der Waals surface area contributed by atoms with E-state index in [0.29, 0.717) is 19.2 Å². The summed E-state index contributed by atoms with van der Waals surface area (Å²) in [6, 6.07) is 6.39. The van der Waals surface area contributed by atoms with Gasteiger partial charge in [0.05, 0.1) is 0 Å². The summed E-state index contributed by atoms with van der Waals surface area (Å²) >= 11 is 0. The molecule has 0 aromatic heterocycles. The molecule has 3 aliphatic rings. The Balaban J connectivity index is 1.50. The van der Waals surface area contributed by atoms with E-state index in [4.69, 9.17) is 14.2 Å². The Kier molecular flexibility index (Phi) is 5.31. The van der Waals surface area contributed by atoms with Crippen LogP contribution in [0.4, 0.5) is 0 Å². The number of carbonyl (C=O) groups excluding carboxylic acids is 1. The van der Waals surface area contributed by atoms with Gasteiger partial charge in [-0.3, -0.25) is 9.69 Å². The Bertz CT molecular complexity index is 645. The van der Waals surface area contributed by atoms with Gasteiger partial charge in [-0.05, 0) is 56.5 Å². The summed E-state index contributed by atoms with van der Waals surface area (Å²) in [5, 5.41) is 0. The van der Waals surface area contributed by atoms with Gasteiger partial charge in [-0.2, -0.15) is 0 Å². The highest BCUT2D eigenvalue weighted by molar-refractivity contribution is 5.81. The summed E-state index contributed by atoms with van der Waals surface area (Å²) < 4.78 is 16.6. The molecule has 0 spiro atoms. The maximum Gasteiger partial charge on any atom is 0.252 e. The third kappa shape index (κ3) is 3.67. The minimum atomic E-state index is -0.277. The molecular formula is C20H28N2O4. The predicted molar refractivity (Wildman–Crippen MR) is 97.2 cm³/mol. The number of amides is 1. The minimum Gasteiger partial charge on any atom is -0.454 e. The smallest absolute Gasteiger partial charge is 0.252 e. The fourth-order valence-electron chi connectivity index (χ4n) is 4.24. The van der Waals surface area contributed by atoms with Crippen molar-refractivity contribution in [3.63, 3.8) is 0 Å². The van der Waals surface area contributed by atoms with Gasteiger partial charge in [0.2, 0.25) is 6.79 Å². The SMILES string of the molecule is CCN1CCC[C@H]1CN(Cc1ccc2c(c1)OCO2)C(=O)[C@@H]1CCCO1. The van der Waals surface area contributed by atoms with E-state index < -0.39 is 0 Å². The summed E-state index contributed by atoms with van der Waals surface area (Å²) in [5.41, 5.74) is 1.07. The first-order chi connectivity index (χ1) is 12.7. The van der Waals surface area contributed by atoms with Crippen LogP contribution in [0.15, 0.2) is 18.2 Å². The van der Waals surface area contributed by atoms with E-state index in [-0.39, 0.29) is 18.8 Å². The Morgan fingerprint density at radius 2 is 2.12 bits per heavy atom. The topological polar surface area (TPSA) is 51.2 Å². The fraction of sp³-hybridized carbons (Fsp3) is 0.650. The van der Waals surface area contributed by atoms with Crippen LogP contribution in [0.1, 0.15) is 38.2 Å². The van der Waals surface area contributed by atoms with E-state index in [1.54, 1.807) is 0 Å². The van der Waals surface area contributed by atoms with Gasteiger partial charge in [-0.1, -0.05) is 13.0 Å². The molecule has 142 valence electrons. The largest absolute Gasteiger partial charge is 0.454 e. The van der Waals surface area contributed by atoms with Crippen molar-refractivity contribution < 1.29 is 19.0 Å². The first-order valence-corrected chi connectivity index (χ1v) is 9.77. The molecule has 0 saturated carbocycles. The Labute approximate surface area is 155 Å². The van der Waals surface area contributed by atoms with Crippen LogP contribution in [0.2, 0.25) is 0 Å². The summed E-state index contributed by atoms with van der Waals surface area (Å²) in [4.78, 5) is 17.6. The lowest BCUT2D eigenvalue weighted by molar-refractivity contribution is -0.142. The molecule has 2 saturated heterocycles. The number of fused-ring (bicyclic) bond motifs is 1. The zero-order valence-corrected chi connectivity index (χ0v) is 15.5. The molecule has 0 radical (unpaired) electrons. The second-order valence-corrected chi connectivity index (χ2v) is 7.33. The zero-order chi connectivity index (χ0) is 17.9. The third-order valence-corrected chi connectivity index (χ3v) is 5.66. The first-order valence-electron chi connectivity index (χ1n) is 9.77. The lowest BCUT2D eigenvalue weighted by atomic mass is 10.1. The molecular weight excluding hydrogens is 332 g/mol. The molecule has 0 N–H and O–H groups in total. The highest BCUT2D eigenvalue weighted by Gasteiger charge is 2.32. The molecule has 2 fully saturated rings. The molecule has 26 heavy (non-hydrogen) atoms. The quantitative estimate of drug-likeness (QED) is 0.780. The average molecular weight is 360 g/mol. The minimum absolute atomic E-state index is 0.128. The Morgan fingerprint density at radius 1 is 1.23 bits per heavy atom. The molecule has 0 aliphatic carbocycles. The molecule has 3 aliphatic heterocycles. The maximum atomic E-state index is 13.1. The van der Waals surface area contributed by atoms with E-state index in [9.17, 15) is 4.79 Å². The molecule has 6 heteroatoms. The van der Waals surface area contributed by atoms with Crippen LogP contribution in [0.3, 0.4) is 0 Å². The fourth-order valence-corrected chi connectivity index (χ4v) is 4.24. The van der Waals surface area contributed by atoms with Crippen LogP contribution in [0.5, 0.6) is 11.5 Å². The van der Waals surface area contributed by atoms with Crippen molar-refractivity contribution in [2.45, 2.75) is 51.3 Å². The van der Waals surface area contributed by atoms with E-state index in [1.807, 2.05) is 23.1 Å². The molecule has 6 nitrogen and oxygen atoms in total. The summed E-state index contributed by atoms with van der Waals surface area (Å²) in [6.07, 6.45) is 3.90. The predicted octanol–water partition coefficient (Wildman–Crippen LogP) is 2.41. The van der Waals surface area contributed by atoms with Gasteiger partial charge in [-0.25, -0.2) is 0 Å². The molecule has 3 heterocycles. The first kappa shape index (κ1) is 17.6. The van der Waals surface area contributed by atoms with E-state index >= 15 is 0 Å². The van der Waals surface area contributed by atoms with E-state index in [1.165, 1.54) is 6.42 Å². The normalized spacial score (nSPS) is 25.0. The maximum absolute atomic E-state index is 13.1. The second kappa shape index (κ2) is 7.84. The van der Waals surface area contributed by atoms with Crippen LogP contribution in [-0.2, 0) is 16.1 Å². The van der Waals surface area contributed by atoms with Gasteiger partial charge in [-0.15, -0.1) is 0 Å². The zero-order valence-electron chi connectivity index (χ0n) is 15.5. The molecule has 2 atom stereocenters. The van der Waals surface area contributed by atoms with Crippen LogP contribution in [0, 0.1) is 0 Å². The Morgan fingerprint density at radius 3 is 2.92 bits per heavy atom. The highest BCUT2D eigenvalue weighted by atomic mass is 16.7. The number of hydrogen-bond donors (Lipinski definition) is 0. The third-order valence-electron chi connectivity index (χ3n) is 5.66. The van der Waals surface area contributed by atoms with E-state index in [0.717, 1.165) is 56.0 Å². The van der Waals surface area contributed by atoms with Crippen molar-refractivity contribution in [1.29, 1.82) is 0 Å². The summed E-state index contributed by atoms with van der Waals surface area (Å²) in [5.74, 6) is 1.67. The van der Waals surface area contributed by atoms with Crippen LogP contribution < -0.4 is 9.47 Å². The number of ether oxygens (including phenoxy) is 3. The van der Waals surface area contributed by atoms with E-state index in [2.05, 4.69) is 11.8 Å². The molecule has 1 amide bonds. The highest BCUT2D eigenvalue weighted by Crippen LogP contribution is 2.33. The van der Waals surface area contributed by atoms with Gasteiger partial charge in [0.1, 0.15) is 6.10 Å². The number of likely N-dealkylation sites (tertiary alicyclic amines) is 1. The number of benzene rings is 1. The van der Waals surface area contributed by atoms with Crippen molar-refractivity contribution in [1.82, 2.24) is 9.80 Å². The van der Waals surface area contributed by atoms with Crippen molar-refractivity contribution >= 4 is 5.91 Å². The van der Waals surface area contributed by atoms with Crippen molar-refractivity contribution in [2.75, 3.05) is 33.0 Å². The van der Waals surface area contributed by atoms with Crippen LogP contribution >= 0.6 is 0 Å². The van der Waals surface area contributed by atoms with Crippen molar-refractivity contribution in [3.05, 3.63) is 23.8 Å². The molecule has 4 rings (SSSR count). The number of rotatable bonds is 6. The lowest BCUT2D eigenvalue weighted by Gasteiger charge is -2.32. The average Bonchev–Trinajstić information content (AvgIpc) is 3.40. The molecule has 0 unspecified atom stereocenters. The summed E-state index contributed by atoms with van der Waals surface area (Å²) in [6.45, 7) is 6.68. The van der Waals surface area contributed by atoms with Gasteiger partial charge in [0.15, 0.2) is 11.5 Å².